The fraction of sp³-hybridized carbons (Fsp3) is 0.188. The second kappa shape index (κ2) is 7.29. The molecule has 0 unspecified atom stereocenters. The maximum atomic E-state index is 6.14. The summed E-state index contributed by atoms with van der Waals surface area (Å²) >= 11 is 11.2. The van der Waals surface area contributed by atoms with Gasteiger partial charge in [0.2, 0.25) is 0 Å². The van der Waals surface area contributed by atoms with Crippen LogP contribution < -0.4 is 15.8 Å². The van der Waals surface area contributed by atoms with Crippen LogP contribution in [0, 0.1) is 0 Å². The minimum Gasteiger partial charge on any atom is -0.496 e. The van der Waals surface area contributed by atoms with E-state index >= 15 is 0 Å². The van der Waals surface area contributed by atoms with Crippen LogP contribution in [0.4, 0.5) is 5.69 Å². The van der Waals surface area contributed by atoms with Gasteiger partial charge in [-0.25, -0.2) is 0 Å². The number of para-hydroxylation sites is 1. The highest BCUT2D eigenvalue weighted by Crippen LogP contribution is 2.24. The van der Waals surface area contributed by atoms with Crippen molar-refractivity contribution in [1.82, 2.24) is 0 Å². The van der Waals surface area contributed by atoms with Crippen LogP contribution in [0.1, 0.15) is 11.1 Å². The van der Waals surface area contributed by atoms with Gasteiger partial charge in [0.15, 0.2) is 0 Å². The lowest BCUT2D eigenvalue weighted by Crippen LogP contribution is -2.15. The molecule has 0 aliphatic rings. The molecule has 0 bridgehead atoms. The molecule has 3 N–H and O–H groups in total. The fourth-order valence-corrected chi connectivity index (χ4v) is 2.72. The quantitative estimate of drug-likeness (QED) is 0.798. The van der Waals surface area contributed by atoms with Crippen molar-refractivity contribution in [3.8, 4) is 5.75 Å². The average Bonchev–Trinajstić information content (AvgIpc) is 2.47. The highest BCUT2D eigenvalue weighted by molar-refractivity contribution is 7.80. The van der Waals surface area contributed by atoms with Crippen LogP contribution in [0.5, 0.6) is 5.75 Å². The van der Waals surface area contributed by atoms with Crippen molar-refractivity contribution in [1.29, 1.82) is 0 Å². The molecular weight excluding hydrogens is 304 g/mol. The van der Waals surface area contributed by atoms with Gasteiger partial charge in [-0.2, -0.15) is 0 Å². The van der Waals surface area contributed by atoms with E-state index in [9.17, 15) is 0 Å². The molecule has 0 radical (unpaired) electrons. The molecule has 0 saturated heterocycles. The molecule has 2 aromatic rings. The Morgan fingerprint density at radius 1 is 1.24 bits per heavy atom. The molecule has 2 aromatic carbocycles. The zero-order chi connectivity index (χ0) is 15.2. The molecule has 110 valence electrons. The highest BCUT2D eigenvalue weighted by atomic mass is 35.5. The lowest BCUT2D eigenvalue weighted by atomic mass is 10.1. The number of thiocarbonyl (C=S) groups is 1. The van der Waals surface area contributed by atoms with Crippen molar-refractivity contribution in [3.63, 3.8) is 0 Å². The van der Waals surface area contributed by atoms with Crippen molar-refractivity contribution >= 4 is 34.5 Å². The summed E-state index contributed by atoms with van der Waals surface area (Å²) in [6.07, 6.45) is 0.827. The molecule has 5 heteroatoms. The number of benzene rings is 2. The summed E-state index contributed by atoms with van der Waals surface area (Å²) in [7, 11) is 1.67. The number of hydrogen-bond donors (Lipinski definition) is 2. The predicted molar refractivity (Wildman–Crippen MR) is 92.5 cm³/mol. The van der Waals surface area contributed by atoms with E-state index in [4.69, 9.17) is 34.3 Å². The van der Waals surface area contributed by atoms with E-state index in [1.807, 2.05) is 36.4 Å². The summed E-state index contributed by atoms with van der Waals surface area (Å²) in [4.78, 5) is 0.292. The molecule has 0 aromatic heterocycles. The number of ether oxygens (including phenoxy) is 1. The Morgan fingerprint density at radius 3 is 2.71 bits per heavy atom. The van der Waals surface area contributed by atoms with Gasteiger partial charge in [0.1, 0.15) is 10.7 Å². The van der Waals surface area contributed by atoms with Crippen molar-refractivity contribution in [2.45, 2.75) is 6.42 Å². The van der Waals surface area contributed by atoms with Crippen molar-refractivity contribution < 1.29 is 4.74 Å². The number of methoxy groups -OCH3 is 1. The summed E-state index contributed by atoms with van der Waals surface area (Å²) in [6, 6.07) is 13.5. The molecule has 0 amide bonds. The molecule has 0 fully saturated rings. The van der Waals surface area contributed by atoms with Crippen LogP contribution in [0.2, 0.25) is 5.02 Å². The van der Waals surface area contributed by atoms with Gasteiger partial charge in [0, 0.05) is 12.2 Å². The van der Waals surface area contributed by atoms with Crippen molar-refractivity contribution in [3.05, 3.63) is 58.6 Å². The Morgan fingerprint density at radius 2 is 2.00 bits per heavy atom. The summed E-state index contributed by atoms with van der Waals surface area (Å²) < 4.78 is 5.34. The third-order valence-corrected chi connectivity index (χ3v) is 3.68. The monoisotopic (exact) mass is 320 g/mol. The molecule has 3 nitrogen and oxygen atoms in total. The second-order valence-corrected chi connectivity index (χ2v) is 5.36. The number of halogens is 1. The van der Waals surface area contributed by atoms with Crippen LogP contribution in [0.25, 0.3) is 0 Å². The molecule has 0 atom stereocenters. The van der Waals surface area contributed by atoms with Crippen LogP contribution in [-0.4, -0.2) is 18.6 Å². The van der Waals surface area contributed by atoms with Gasteiger partial charge in [-0.1, -0.05) is 48.1 Å². The highest BCUT2D eigenvalue weighted by Gasteiger charge is 2.09. The third-order valence-electron chi connectivity index (χ3n) is 3.16. The fourth-order valence-electron chi connectivity index (χ4n) is 2.16. The van der Waals surface area contributed by atoms with Crippen molar-refractivity contribution in [2.24, 2.45) is 5.73 Å². The smallest absolute Gasteiger partial charge is 0.122 e. The van der Waals surface area contributed by atoms with Gasteiger partial charge in [-0.3, -0.25) is 0 Å². The third kappa shape index (κ3) is 3.86. The second-order valence-electron chi connectivity index (χ2n) is 4.52. The van der Waals surface area contributed by atoms with Crippen LogP contribution in [0.3, 0.4) is 0 Å². The van der Waals surface area contributed by atoms with Gasteiger partial charge in [0.05, 0.1) is 17.7 Å². The molecule has 2 rings (SSSR count). The Bertz CT molecular complexity index is 646. The van der Waals surface area contributed by atoms with E-state index in [0.29, 0.717) is 15.6 Å². The zero-order valence-electron chi connectivity index (χ0n) is 11.7. The molecule has 0 spiro atoms. The van der Waals surface area contributed by atoms with Crippen LogP contribution in [0.15, 0.2) is 42.5 Å². The zero-order valence-corrected chi connectivity index (χ0v) is 13.3. The van der Waals surface area contributed by atoms with Gasteiger partial charge < -0.3 is 15.8 Å². The van der Waals surface area contributed by atoms with E-state index in [1.54, 1.807) is 13.2 Å². The Hall–Kier alpha value is -1.78. The number of nitrogens with two attached hydrogens (primary N) is 1. The van der Waals surface area contributed by atoms with Gasteiger partial charge >= 0.3 is 0 Å². The first-order valence-electron chi connectivity index (χ1n) is 6.57. The van der Waals surface area contributed by atoms with Gasteiger partial charge in [0.25, 0.3) is 0 Å². The number of hydrogen-bond acceptors (Lipinski definition) is 3. The summed E-state index contributed by atoms with van der Waals surface area (Å²) in [5.74, 6) is 0.889. The average molecular weight is 321 g/mol. The van der Waals surface area contributed by atoms with E-state index in [0.717, 1.165) is 30.0 Å². The lowest BCUT2D eigenvalue weighted by Gasteiger charge is -2.13. The first-order valence-corrected chi connectivity index (χ1v) is 7.36. The molecule has 0 aliphatic carbocycles. The molecule has 0 heterocycles. The minimum atomic E-state index is 0.292. The first kappa shape index (κ1) is 15.6. The van der Waals surface area contributed by atoms with Gasteiger partial charge in [-0.15, -0.1) is 0 Å². The first-order chi connectivity index (χ1) is 10.1. The summed E-state index contributed by atoms with van der Waals surface area (Å²) in [5, 5.41) is 3.89. The van der Waals surface area contributed by atoms with E-state index in [-0.39, 0.29) is 0 Å². The Kier molecular flexibility index (Phi) is 5.42. The van der Waals surface area contributed by atoms with Crippen LogP contribution >= 0.6 is 23.8 Å². The molecule has 0 saturated carbocycles. The summed E-state index contributed by atoms with van der Waals surface area (Å²) in [6.45, 7) is 0.732. The van der Waals surface area contributed by atoms with E-state index in [1.165, 1.54) is 0 Å². The SMILES string of the molecule is COc1ccccc1CCNc1cccc(Cl)c1C(N)=S. The molecule has 21 heavy (non-hydrogen) atoms. The normalized spacial score (nSPS) is 10.2. The largest absolute Gasteiger partial charge is 0.496 e. The number of rotatable bonds is 6. The standard InChI is InChI=1S/C16H17ClN2OS/c1-20-14-8-3-2-5-11(14)9-10-19-13-7-4-6-12(17)15(13)16(18)21/h2-8,19H,9-10H2,1H3,(H2,18,21). The Labute approximate surface area is 135 Å². The number of nitrogens with one attached hydrogen (secondary N) is 1. The Balaban J connectivity index is 2.07. The molecule has 0 aliphatic heterocycles. The number of anilines is 1. The minimum absolute atomic E-state index is 0.292. The predicted octanol–water partition coefficient (Wildman–Crippen LogP) is 3.64. The van der Waals surface area contributed by atoms with Gasteiger partial charge in [-0.05, 0) is 30.2 Å². The van der Waals surface area contributed by atoms with Crippen LogP contribution in [-0.2, 0) is 6.42 Å². The maximum Gasteiger partial charge on any atom is 0.122 e. The van der Waals surface area contributed by atoms with E-state index in [2.05, 4.69) is 5.32 Å². The summed E-state index contributed by atoms with van der Waals surface area (Å²) in [5.41, 5.74) is 8.42. The van der Waals surface area contributed by atoms with Crippen molar-refractivity contribution in [2.75, 3.05) is 19.0 Å². The lowest BCUT2D eigenvalue weighted by molar-refractivity contribution is 0.410. The van der Waals surface area contributed by atoms with E-state index < -0.39 is 0 Å². The maximum absolute atomic E-state index is 6.14. The topological polar surface area (TPSA) is 47.3 Å². The molecular formula is C16H17ClN2OS.